The minimum absolute atomic E-state index is 0.0128. The van der Waals surface area contributed by atoms with Gasteiger partial charge in [0.2, 0.25) is 5.91 Å². The summed E-state index contributed by atoms with van der Waals surface area (Å²) in [5, 5.41) is 11.3. The van der Waals surface area contributed by atoms with Gasteiger partial charge in [-0.2, -0.15) is 5.10 Å². The summed E-state index contributed by atoms with van der Waals surface area (Å²) in [5.41, 5.74) is 2.01. The van der Waals surface area contributed by atoms with Crippen molar-refractivity contribution in [3.05, 3.63) is 82.4 Å². The van der Waals surface area contributed by atoms with E-state index in [-0.39, 0.29) is 30.3 Å². The maximum absolute atomic E-state index is 13.3. The average molecular weight is 477 g/mol. The number of hydrogen-bond donors (Lipinski definition) is 1. The van der Waals surface area contributed by atoms with E-state index >= 15 is 0 Å². The zero-order valence-electron chi connectivity index (χ0n) is 18.9. The second-order valence-corrected chi connectivity index (χ2v) is 9.70. The average Bonchev–Trinajstić information content (AvgIpc) is 3.64. The summed E-state index contributed by atoms with van der Waals surface area (Å²) in [6.07, 6.45) is 3.77. The molecule has 1 saturated heterocycles. The molecule has 2 aliphatic rings. The number of furan rings is 1. The molecule has 34 heavy (non-hydrogen) atoms. The number of carbonyl (C=O) groups is 2. The van der Waals surface area contributed by atoms with Gasteiger partial charge in [0, 0.05) is 18.9 Å². The molecule has 0 radical (unpaired) electrons. The third kappa shape index (κ3) is 5.13. The van der Waals surface area contributed by atoms with Crippen molar-refractivity contribution in [1.82, 2.24) is 15.2 Å². The van der Waals surface area contributed by atoms with E-state index in [1.54, 1.807) is 22.6 Å². The summed E-state index contributed by atoms with van der Waals surface area (Å²) in [4.78, 5) is 29.1. The molecule has 176 valence electrons. The number of nitrogens with zero attached hydrogens (tertiary/aromatic N) is 3. The summed E-state index contributed by atoms with van der Waals surface area (Å²) in [7, 11) is 0. The van der Waals surface area contributed by atoms with Gasteiger partial charge in [0.1, 0.15) is 11.8 Å². The molecule has 0 aliphatic carbocycles. The zero-order chi connectivity index (χ0) is 23.3. The van der Waals surface area contributed by atoms with Crippen LogP contribution in [0, 0.1) is 5.92 Å². The quantitative estimate of drug-likeness (QED) is 0.558. The van der Waals surface area contributed by atoms with E-state index in [4.69, 9.17) is 4.42 Å². The number of hydrogen-bond acceptors (Lipinski definition) is 6. The molecule has 8 heteroatoms. The second kappa shape index (κ2) is 10.4. The number of hydrazone groups is 1. The van der Waals surface area contributed by atoms with Crippen molar-refractivity contribution in [2.45, 2.75) is 31.8 Å². The molecular formula is C26H28N4O3S. The Balaban J connectivity index is 1.16. The van der Waals surface area contributed by atoms with Crippen molar-refractivity contribution in [2.75, 3.05) is 19.6 Å². The van der Waals surface area contributed by atoms with Crippen LogP contribution in [0.25, 0.3) is 0 Å². The normalized spacial score (nSPS) is 19.2. The molecule has 2 aliphatic heterocycles. The van der Waals surface area contributed by atoms with Crippen molar-refractivity contribution < 1.29 is 14.0 Å². The van der Waals surface area contributed by atoms with Gasteiger partial charge in [-0.3, -0.25) is 14.5 Å². The zero-order valence-corrected chi connectivity index (χ0v) is 19.7. The Labute approximate surface area is 203 Å². The molecule has 2 aromatic heterocycles. The molecule has 0 saturated carbocycles. The number of carbonyl (C=O) groups excluding carboxylic acids is 2. The van der Waals surface area contributed by atoms with Crippen LogP contribution in [0.2, 0.25) is 0 Å². The van der Waals surface area contributed by atoms with Crippen LogP contribution in [-0.2, 0) is 16.1 Å². The first-order chi connectivity index (χ1) is 16.7. The van der Waals surface area contributed by atoms with E-state index in [1.165, 1.54) is 0 Å². The fourth-order valence-corrected chi connectivity index (χ4v) is 5.30. The summed E-state index contributed by atoms with van der Waals surface area (Å²) < 4.78 is 5.63. The highest BCUT2D eigenvalue weighted by Crippen LogP contribution is 2.34. The Kier molecular flexibility index (Phi) is 6.87. The predicted octanol–water partition coefficient (Wildman–Crippen LogP) is 4.05. The number of rotatable bonds is 7. The monoisotopic (exact) mass is 476 g/mol. The molecular weight excluding hydrogens is 448 g/mol. The van der Waals surface area contributed by atoms with Crippen LogP contribution in [0.4, 0.5) is 0 Å². The maximum Gasteiger partial charge on any atom is 0.257 e. The van der Waals surface area contributed by atoms with Crippen molar-refractivity contribution in [1.29, 1.82) is 0 Å². The standard InChI is InChI=1S/C26H28N4O3S/c31-25(30-22(23-8-4-14-33-23)16-21(28-30)24-9-5-15-34-24)18-29-12-10-20(11-13-29)26(32)27-17-19-6-2-1-3-7-19/h1-9,14-15,20,22H,10-13,16-18H2,(H,27,32). The summed E-state index contributed by atoms with van der Waals surface area (Å²) in [6.45, 7) is 2.27. The first kappa shape index (κ1) is 22.6. The lowest BCUT2D eigenvalue weighted by atomic mass is 9.95. The van der Waals surface area contributed by atoms with E-state index in [1.807, 2.05) is 60.0 Å². The Morgan fingerprint density at radius 1 is 1.06 bits per heavy atom. The number of benzene rings is 1. The topological polar surface area (TPSA) is 78.2 Å². The van der Waals surface area contributed by atoms with Crippen LogP contribution >= 0.6 is 11.3 Å². The number of nitrogens with one attached hydrogen (secondary N) is 1. The smallest absolute Gasteiger partial charge is 0.257 e. The van der Waals surface area contributed by atoms with Crippen molar-refractivity contribution in [3.63, 3.8) is 0 Å². The Morgan fingerprint density at radius 2 is 1.88 bits per heavy atom. The van der Waals surface area contributed by atoms with E-state index < -0.39 is 0 Å². The Bertz CT molecular complexity index is 1120. The summed E-state index contributed by atoms with van der Waals surface area (Å²) in [6, 6.07) is 17.5. The van der Waals surface area contributed by atoms with Gasteiger partial charge >= 0.3 is 0 Å². The van der Waals surface area contributed by atoms with Gasteiger partial charge in [-0.1, -0.05) is 36.4 Å². The fourth-order valence-electron chi connectivity index (χ4n) is 4.58. The first-order valence-corrected chi connectivity index (χ1v) is 12.6. The number of thiophene rings is 1. The number of likely N-dealkylation sites (tertiary alicyclic amines) is 1. The molecule has 7 nitrogen and oxygen atoms in total. The number of piperidine rings is 1. The third-order valence-corrected chi connectivity index (χ3v) is 7.39. The van der Waals surface area contributed by atoms with Crippen LogP contribution < -0.4 is 5.32 Å². The molecule has 5 rings (SSSR count). The maximum atomic E-state index is 13.3. The predicted molar refractivity (Wildman–Crippen MR) is 131 cm³/mol. The van der Waals surface area contributed by atoms with Crippen molar-refractivity contribution in [3.8, 4) is 0 Å². The Hall–Kier alpha value is -3.23. The highest BCUT2D eigenvalue weighted by molar-refractivity contribution is 7.12. The minimum atomic E-state index is -0.221. The van der Waals surface area contributed by atoms with Gasteiger partial charge in [0.05, 0.1) is 23.4 Å². The van der Waals surface area contributed by atoms with E-state index in [0.717, 1.165) is 47.8 Å². The van der Waals surface area contributed by atoms with E-state index in [2.05, 4.69) is 15.3 Å². The van der Waals surface area contributed by atoms with Crippen molar-refractivity contribution >= 4 is 28.9 Å². The third-order valence-electron chi connectivity index (χ3n) is 6.47. The molecule has 1 unspecified atom stereocenters. The molecule has 3 aromatic rings. The van der Waals surface area contributed by atoms with Crippen LogP contribution in [0.15, 0.2) is 75.8 Å². The molecule has 0 bridgehead atoms. The van der Waals surface area contributed by atoms with Crippen molar-refractivity contribution in [2.24, 2.45) is 11.0 Å². The van der Waals surface area contributed by atoms with Gasteiger partial charge in [-0.05, 0) is 55.1 Å². The molecule has 1 atom stereocenters. The van der Waals surface area contributed by atoms with Crippen LogP contribution in [0.5, 0.6) is 0 Å². The molecule has 4 heterocycles. The van der Waals surface area contributed by atoms with Gasteiger partial charge in [0.25, 0.3) is 5.91 Å². The van der Waals surface area contributed by atoms with Gasteiger partial charge in [0.15, 0.2) is 0 Å². The van der Waals surface area contributed by atoms with Crippen LogP contribution in [0.1, 0.15) is 41.5 Å². The second-order valence-electron chi connectivity index (χ2n) is 8.75. The van der Waals surface area contributed by atoms with Crippen LogP contribution in [-0.4, -0.2) is 47.1 Å². The van der Waals surface area contributed by atoms with E-state index in [0.29, 0.717) is 13.0 Å². The molecule has 2 amide bonds. The minimum Gasteiger partial charge on any atom is -0.467 e. The largest absolute Gasteiger partial charge is 0.467 e. The van der Waals surface area contributed by atoms with Gasteiger partial charge in [-0.15, -0.1) is 11.3 Å². The SMILES string of the molecule is O=C(NCc1ccccc1)C1CCN(CC(=O)N2N=C(c3cccs3)CC2c2ccco2)CC1. The summed E-state index contributed by atoms with van der Waals surface area (Å²) >= 11 is 1.63. The van der Waals surface area contributed by atoms with Crippen LogP contribution in [0.3, 0.4) is 0 Å². The highest BCUT2D eigenvalue weighted by Gasteiger charge is 2.36. The van der Waals surface area contributed by atoms with E-state index in [9.17, 15) is 9.59 Å². The highest BCUT2D eigenvalue weighted by atomic mass is 32.1. The summed E-state index contributed by atoms with van der Waals surface area (Å²) in [5.74, 6) is 0.788. The molecule has 1 fully saturated rings. The number of amides is 2. The fraction of sp³-hybridized carbons (Fsp3) is 0.346. The molecule has 1 N–H and O–H groups in total. The van der Waals surface area contributed by atoms with Gasteiger partial charge in [-0.25, -0.2) is 5.01 Å². The Morgan fingerprint density at radius 3 is 2.59 bits per heavy atom. The lowest BCUT2D eigenvalue weighted by Crippen LogP contribution is -2.44. The first-order valence-electron chi connectivity index (χ1n) is 11.7. The lowest BCUT2D eigenvalue weighted by molar-refractivity contribution is -0.135. The lowest BCUT2D eigenvalue weighted by Gasteiger charge is -2.32. The molecule has 1 aromatic carbocycles. The molecule has 0 spiro atoms. The van der Waals surface area contributed by atoms with Gasteiger partial charge < -0.3 is 9.73 Å².